The van der Waals surface area contributed by atoms with Crippen LogP contribution in [0.2, 0.25) is 0 Å². The molecule has 1 unspecified atom stereocenters. The number of amides is 1. The molecule has 0 aromatic heterocycles. The minimum Gasteiger partial charge on any atom is -0.465 e. The number of nitrogens with zero attached hydrogens (tertiary/aromatic N) is 3. The van der Waals surface area contributed by atoms with Crippen molar-refractivity contribution in [3.63, 3.8) is 0 Å². The molecule has 1 atom stereocenters. The molecule has 0 aliphatic carbocycles. The van der Waals surface area contributed by atoms with Crippen LogP contribution in [0.15, 0.2) is 22.1 Å². The number of hydrogen-bond donors (Lipinski definition) is 0. The second kappa shape index (κ2) is 8.35. The average molecular weight is 329 g/mol. The molecule has 0 bridgehead atoms. The SMILES string of the molecule is CCOC(=O)C(CC)Sc1cc(C(=O)N=[N+]=[N-])c(F)cc1F. The zero-order valence-electron chi connectivity index (χ0n) is 11.9. The molecule has 0 fully saturated rings. The van der Waals surface area contributed by atoms with Gasteiger partial charge in [-0.15, -0.1) is 11.8 Å². The Kier molecular flexibility index (Phi) is 6.81. The summed E-state index contributed by atoms with van der Waals surface area (Å²) >= 11 is 0.819. The Bertz CT molecular complexity index is 633. The largest absolute Gasteiger partial charge is 0.465 e. The Labute approximate surface area is 129 Å². The molecule has 0 saturated heterocycles. The van der Waals surface area contributed by atoms with Gasteiger partial charge in [0, 0.05) is 15.9 Å². The van der Waals surface area contributed by atoms with Crippen molar-refractivity contribution in [1.82, 2.24) is 0 Å². The van der Waals surface area contributed by atoms with Crippen molar-refractivity contribution < 1.29 is 23.1 Å². The number of halogens is 2. The van der Waals surface area contributed by atoms with Crippen LogP contribution in [-0.4, -0.2) is 23.7 Å². The molecule has 0 radical (unpaired) electrons. The van der Waals surface area contributed by atoms with Gasteiger partial charge in [0.15, 0.2) is 0 Å². The number of esters is 1. The van der Waals surface area contributed by atoms with Crippen molar-refractivity contribution in [2.24, 2.45) is 5.11 Å². The lowest BCUT2D eigenvalue weighted by atomic mass is 10.2. The molecule has 0 aliphatic rings. The number of ether oxygens (including phenoxy) is 1. The number of benzene rings is 1. The summed E-state index contributed by atoms with van der Waals surface area (Å²) in [4.78, 5) is 25.3. The zero-order chi connectivity index (χ0) is 16.7. The number of thioether (sulfide) groups is 1. The maximum absolute atomic E-state index is 13.8. The lowest BCUT2D eigenvalue weighted by Gasteiger charge is -2.14. The van der Waals surface area contributed by atoms with Gasteiger partial charge in [-0.05, 0) is 30.1 Å². The summed E-state index contributed by atoms with van der Waals surface area (Å²) in [6, 6.07) is 1.44. The van der Waals surface area contributed by atoms with E-state index >= 15 is 0 Å². The van der Waals surface area contributed by atoms with Crippen molar-refractivity contribution >= 4 is 23.6 Å². The van der Waals surface area contributed by atoms with Gasteiger partial charge in [0.1, 0.15) is 16.9 Å². The predicted octanol–water partition coefficient (Wildman–Crippen LogP) is 3.85. The highest BCUT2D eigenvalue weighted by Crippen LogP contribution is 2.31. The molecule has 0 spiro atoms. The number of rotatable bonds is 6. The van der Waals surface area contributed by atoms with Crippen LogP contribution < -0.4 is 0 Å². The Morgan fingerprint density at radius 2 is 2.05 bits per heavy atom. The van der Waals surface area contributed by atoms with Gasteiger partial charge in [0.05, 0.1) is 12.2 Å². The van der Waals surface area contributed by atoms with Gasteiger partial charge >= 0.3 is 5.97 Å². The van der Waals surface area contributed by atoms with E-state index in [0.29, 0.717) is 12.5 Å². The van der Waals surface area contributed by atoms with Crippen LogP contribution in [-0.2, 0) is 9.53 Å². The normalized spacial score (nSPS) is 11.5. The zero-order valence-corrected chi connectivity index (χ0v) is 12.7. The maximum atomic E-state index is 13.8. The summed E-state index contributed by atoms with van der Waals surface area (Å²) in [6.07, 6.45) is 0.361. The average Bonchev–Trinajstić information content (AvgIpc) is 2.46. The van der Waals surface area contributed by atoms with Gasteiger partial charge in [0.25, 0.3) is 5.91 Å². The highest BCUT2D eigenvalue weighted by molar-refractivity contribution is 8.00. The molecule has 0 heterocycles. The van der Waals surface area contributed by atoms with Crippen molar-refractivity contribution in [3.05, 3.63) is 39.8 Å². The highest BCUT2D eigenvalue weighted by atomic mass is 32.2. The van der Waals surface area contributed by atoms with E-state index in [1.54, 1.807) is 13.8 Å². The third-order valence-corrected chi connectivity index (χ3v) is 3.95. The molecule has 0 aliphatic heterocycles. The fourth-order valence-electron chi connectivity index (χ4n) is 1.56. The molecule has 1 amide bonds. The fraction of sp³-hybridized carbons (Fsp3) is 0.385. The summed E-state index contributed by atoms with van der Waals surface area (Å²) in [6.45, 7) is 3.54. The molecule has 0 N–H and O–H groups in total. The van der Waals surface area contributed by atoms with Gasteiger partial charge in [0.2, 0.25) is 0 Å². The van der Waals surface area contributed by atoms with Crippen molar-refractivity contribution in [3.8, 4) is 0 Å². The van der Waals surface area contributed by atoms with Crippen molar-refractivity contribution in [1.29, 1.82) is 0 Å². The molecular formula is C13H13F2N3O3S. The van der Waals surface area contributed by atoms with Gasteiger partial charge < -0.3 is 4.74 Å². The molecule has 1 aromatic rings. The first-order chi connectivity index (χ1) is 10.4. The summed E-state index contributed by atoms with van der Waals surface area (Å²) in [7, 11) is 0. The van der Waals surface area contributed by atoms with Crippen LogP contribution in [0.1, 0.15) is 30.6 Å². The first kappa shape index (κ1) is 17.9. The van der Waals surface area contributed by atoms with Crippen LogP contribution in [0.4, 0.5) is 8.78 Å². The van der Waals surface area contributed by atoms with Crippen LogP contribution in [0.3, 0.4) is 0 Å². The highest BCUT2D eigenvalue weighted by Gasteiger charge is 2.23. The molecular weight excluding hydrogens is 316 g/mol. The van der Waals surface area contributed by atoms with E-state index < -0.39 is 34.3 Å². The van der Waals surface area contributed by atoms with Crippen LogP contribution in [0, 0.1) is 11.6 Å². The van der Waals surface area contributed by atoms with Crippen LogP contribution in [0.25, 0.3) is 10.4 Å². The van der Waals surface area contributed by atoms with Crippen molar-refractivity contribution in [2.75, 3.05) is 6.61 Å². The Balaban J connectivity index is 3.13. The minimum absolute atomic E-state index is 0.0993. The Morgan fingerprint density at radius 3 is 2.59 bits per heavy atom. The summed E-state index contributed by atoms with van der Waals surface area (Å²) in [5, 5.41) is 2.08. The molecule has 1 rings (SSSR count). The van der Waals surface area contributed by atoms with E-state index in [0.717, 1.165) is 17.8 Å². The second-order valence-corrected chi connectivity index (χ2v) is 5.27. The standard InChI is InChI=1S/C13H13F2N3O3S/c1-3-10(13(20)21-4-2)22-11-5-7(12(19)17-18-16)8(14)6-9(11)15/h5-6,10H,3-4H2,1-2H3. The molecule has 22 heavy (non-hydrogen) atoms. The molecule has 118 valence electrons. The topological polar surface area (TPSA) is 92.1 Å². The maximum Gasteiger partial charge on any atom is 0.319 e. The van der Waals surface area contributed by atoms with Crippen molar-refractivity contribution in [2.45, 2.75) is 30.4 Å². The van der Waals surface area contributed by atoms with E-state index in [9.17, 15) is 18.4 Å². The lowest BCUT2D eigenvalue weighted by molar-refractivity contribution is -0.142. The smallest absolute Gasteiger partial charge is 0.319 e. The van der Waals surface area contributed by atoms with Gasteiger partial charge in [-0.1, -0.05) is 6.92 Å². The predicted molar refractivity (Wildman–Crippen MR) is 76.4 cm³/mol. The third-order valence-electron chi connectivity index (χ3n) is 2.58. The molecule has 9 heteroatoms. The van der Waals surface area contributed by atoms with E-state index in [2.05, 4.69) is 10.0 Å². The van der Waals surface area contributed by atoms with Gasteiger partial charge in [-0.3, -0.25) is 9.59 Å². The lowest BCUT2D eigenvalue weighted by Crippen LogP contribution is -2.19. The molecule has 1 aromatic carbocycles. The van der Waals surface area contributed by atoms with E-state index in [1.165, 1.54) is 0 Å². The quantitative estimate of drug-likeness (QED) is 0.260. The first-order valence-corrected chi connectivity index (χ1v) is 7.24. The summed E-state index contributed by atoms with van der Waals surface area (Å²) < 4.78 is 32.2. The van der Waals surface area contributed by atoms with Gasteiger partial charge in [-0.25, -0.2) is 8.78 Å². The van der Waals surface area contributed by atoms with Crippen LogP contribution >= 0.6 is 11.8 Å². The summed E-state index contributed by atoms with van der Waals surface area (Å²) in [5.74, 6) is -3.74. The van der Waals surface area contributed by atoms with Crippen LogP contribution in [0.5, 0.6) is 0 Å². The van der Waals surface area contributed by atoms with Gasteiger partial charge in [-0.2, -0.15) is 0 Å². The fourth-order valence-corrected chi connectivity index (χ4v) is 2.56. The minimum atomic E-state index is -1.16. The third kappa shape index (κ3) is 4.44. The molecule has 0 saturated carbocycles. The number of azide groups is 1. The second-order valence-electron chi connectivity index (χ2n) is 4.02. The number of carbonyl (C=O) groups excluding carboxylic acids is 2. The van der Waals surface area contributed by atoms with E-state index in [4.69, 9.17) is 10.3 Å². The Morgan fingerprint density at radius 1 is 1.36 bits per heavy atom. The first-order valence-electron chi connectivity index (χ1n) is 6.36. The Hall–Kier alpha value is -2.12. The summed E-state index contributed by atoms with van der Waals surface area (Å²) in [5.41, 5.74) is 7.65. The number of carbonyl (C=O) groups is 2. The molecule has 6 nitrogen and oxygen atoms in total. The monoisotopic (exact) mass is 329 g/mol. The number of hydrogen-bond acceptors (Lipinski definition) is 4. The van der Waals surface area contributed by atoms with E-state index in [1.807, 2.05) is 0 Å². The van der Waals surface area contributed by atoms with E-state index in [-0.39, 0.29) is 11.5 Å².